The first kappa shape index (κ1) is 16.2. The molecule has 1 aliphatic heterocycles. The molecule has 25 heavy (non-hydrogen) atoms. The van der Waals surface area contributed by atoms with Gasteiger partial charge in [-0.2, -0.15) is 5.10 Å². The van der Waals surface area contributed by atoms with Crippen molar-refractivity contribution in [2.75, 3.05) is 13.1 Å². The number of aryl methyl sites for hydroxylation is 2. The highest BCUT2D eigenvalue weighted by molar-refractivity contribution is 5.76. The molecule has 2 fully saturated rings. The Labute approximate surface area is 148 Å². The van der Waals surface area contributed by atoms with E-state index in [0.29, 0.717) is 18.4 Å². The Bertz CT molecular complexity index is 742. The van der Waals surface area contributed by atoms with Crippen LogP contribution < -0.4 is 4.74 Å². The third-order valence-corrected chi connectivity index (χ3v) is 5.49. The van der Waals surface area contributed by atoms with E-state index < -0.39 is 0 Å². The van der Waals surface area contributed by atoms with Gasteiger partial charge >= 0.3 is 0 Å². The highest BCUT2D eigenvalue weighted by atomic mass is 16.5. The molecule has 1 amide bonds. The second kappa shape index (κ2) is 6.54. The van der Waals surface area contributed by atoms with E-state index in [4.69, 9.17) is 4.74 Å². The molecular formula is C20H25N3O2. The van der Waals surface area contributed by atoms with Gasteiger partial charge in [0.2, 0.25) is 5.91 Å². The van der Waals surface area contributed by atoms with Crippen LogP contribution in [0.15, 0.2) is 36.4 Å². The maximum Gasteiger partial charge on any atom is 0.244 e. The molecule has 0 radical (unpaired) electrons. The van der Waals surface area contributed by atoms with E-state index in [1.165, 1.54) is 0 Å². The number of hydrogen-bond acceptors (Lipinski definition) is 3. The van der Waals surface area contributed by atoms with E-state index in [1.807, 2.05) is 59.8 Å². The van der Waals surface area contributed by atoms with E-state index in [0.717, 1.165) is 43.1 Å². The average molecular weight is 339 g/mol. The Morgan fingerprint density at radius 3 is 2.44 bits per heavy atom. The lowest BCUT2D eigenvalue weighted by atomic mass is 10.0. The predicted molar refractivity (Wildman–Crippen MR) is 95.4 cm³/mol. The molecule has 0 spiro atoms. The van der Waals surface area contributed by atoms with Crippen LogP contribution >= 0.6 is 0 Å². The lowest BCUT2D eigenvalue weighted by molar-refractivity contribution is -0.131. The van der Waals surface area contributed by atoms with Gasteiger partial charge < -0.3 is 9.64 Å². The first-order valence-corrected chi connectivity index (χ1v) is 9.09. The summed E-state index contributed by atoms with van der Waals surface area (Å²) < 4.78 is 7.92. The second-order valence-electron chi connectivity index (χ2n) is 7.43. The molecule has 1 saturated heterocycles. The molecule has 2 aromatic rings. The molecule has 1 aromatic carbocycles. The minimum absolute atomic E-state index is 0.182. The molecule has 5 nitrogen and oxygen atoms in total. The van der Waals surface area contributed by atoms with Crippen molar-refractivity contribution in [3.05, 3.63) is 47.8 Å². The van der Waals surface area contributed by atoms with Crippen LogP contribution in [0.1, 0.15) is 24.2 Å². The van der Waals surface area contributed by atoms with Gasteiger partial charge in [-0.1, -0.05) is 18.2 Å². The number of amides is 1. The molecule has 1 aliphatic carbocycles. The Kier molecular flexibility index (Phi) is 4.24. The first-order chi connectivity index (χ1) is 12.1. The van der Waals surface area contributed by atoms with Gasteiger partial charge in [0.25, 0.3) is 0 Å². The summed E-state index contributed by atoms with van der Waals surface area (Å²) in [6, 6.07) is 12.0. The van der Waals surface area contributed by atoms with Crippen molar-refractivity contribution in [3.63, 3.8) is 0 Å². The standard InChI is InChI=1S/C20H25N3O2/c1-14-8-15(2)23(21-14)13-20(24)22-11-16-9-19(10-17(16)12-22)25-18-6-4-3-5-7-18/h3-8,16-17,19H,9-13H2,1-2H3/t16-,17+,19?. The fourth-order valence-electron chi connectivity index (χ4n) is 4.30. The molecule has 2 aliphatic rings. The van der Waals surface area contributed by atoms with Gasteiger partial charge in [-0.05, 0) is 56.7 Å². The summed E-state index contributed by atoms with van der Waals surface area (Å²) in [6.07, 6.45) is 2.37. The van der Waals surface area contributed by atoms with Gasteiger partial charge in [-0.15, -0.1) is 0 Å². The van der Waals surface area contributed by atoms with E-state index in [9.17, 15) is 4.79 Å². The summed E-state index contributed by atoms with van der Waals surface area (Å²) in [6.45, 7) is 6.02. The molecule has 0 N–H and O–H groups in total. The normalized spacial score (nSPS) is 25.2. The zero-order chi connectivity index (χ0) is 17.4. The van der Waals surface area contributed by atoms with Crippen molar-refractivity contribution in [1.82, 2.24) is 14.7 Å². The fraction of sp³-hybridized carbons (Fsp3) is 0.500. The Hall–Kier alpha value is -2.30. The molecule has 5 heteroatoms. The Morgan fingerprint density at radius 2 is 1.84 bits per heavy atom. The van der Waals surface area contributed by atoms with E-state index in [-0.39, 0.29) is 12.0 Å². The number of nitrogens with zero attached hydrogens (tertiary/aromatic N) is 3. The van der Waals surface area contributed by atoms with Crippen LogP contribution in [0.3, 0.4) is 0 Å². The molecular weight excluding hydrogens is 314 g/mol. The van der Waals surface area contributed by atoms with Crippen molar-refractivity contribution in [2.45, 2.75) is 39.3 Å². The minimum atomic E-state index is 0.182. The average Bonchev–Trinajstić information content (AvgIpc) is 3.22. The summed E-state index contributed by atoms with van der Waals surface area (Å²) in [7, 11) is 0. The number of hydrogen-bond donors (Lipinski definition) is 0. The molecule has 0 bridgehead atoms. The monoisotopic (exact) mass is 339 g/mol. The maximum atomic E-state index is 12.6. The highest BCUT2D eigenvalue weighted by Crippen LogP contribution is 2.39. The highest BCUT2D eigenvalue weighted by Gasteiger charge is 2.43. The van der Waals surface area contributed by atoms with E-state index in [2.05, 4.69) is 5.10 Å². The number of carbonyl (C=O) groups excluding carboxylic acids is 1. The quantitative estimate of drug-likeness (QED) is 0.860. The summed E-state index contributed by atoms with van der Waals surface area (Å²) in [5.74, 6) is 2.27. The van der Waals surface area contributed by atoms with Crippen molar-refractivity contribution in [1.29, 1.82) is 0 Å². The number of aromatic nitrogens is 2. The molecule has 4 rings (SSSR count). The van der Waals surface area contributed by atoms with Crippen LogP contribution in [-0.4, -0.2) is 39.8 Å². The molecule has 1 unspecified atom stereocenters. The van der Waals surface area contributed by atoms with Crippen molar-refractivity contribution in [2.24, 2.45) is 11.8 Å². The van der Waals surface area contributed by atoms with Crippen LogP contribution in [0.4, 0.5) is 0 Å². The lowest BCUT2D eigenvalue weighted by Gasteiger charge is -2.20. The van der Waals surface area contributed by atoms with Crippen molar-refractivity contribution >= 4 is 5.91 Å². The topological polar surface area (TPSA) is 47.4 Å². The number of likely N-dealkylation sites (tertiary alicyclic amines) is 1. The Balaban J connectivity index is 1.31. The smallest absolute Gasteiger partial charge is 0.244 e. The molecule has 1 saturated carbocycles. The number of carbonyl (C=O) groups is 1. The van der Waals surface area contributed by atoms with Crippen molar-refractivity contribution in [3.8, 4) is 5.75 Å². The maximum absolute atomic E-state index is 12.6. The van der Waals surface area contributed by atoms with E-state index in [1.54, 1.807) is 0 Å². The van der Waals surface area contributed by atoms with Crippen LogP contribution in [-0.2, 0) is 11.3 Å². The number of rotatable bonds is 4. The Morgan fingerprint density at radius 1 is 1.16 bits per heavy atom. The van der Waals surface area contributed by atoms with Gasteiger partial charge in [0, 0.05) is 18.8 Å². The van der Waals surface area contributed by atoms with Crippen LogP contribution in [0.5, 0.6) is 5.75 Å². The fourth-order valence-corrected chi connectivity index (χ4v) is 4.30. The number of ether oxygens (including phenoxy) is 1. The molecule has 1 aromatic heterocycles. The zero-order valence-electron chi connectivity index (χ0n) is 14.9. The van der Waals surface area contributed by atoms with E-state index >= 15 is 0 Å². The van der Waals surface area contributed by atoms with Gasteiger partial charge in [0.05, 0.1) is 11.8 Å². The summed E-state index contributed by atoms with van der Waals surface area (Å²) in [5.41, 5.74) is 2.01. The van der Waals surface area contributed by atoms with Gasteiger partial charge in [0.15, 0.2) is 0 Å². The SMILES string of the molecule is Cc1cc(C)n(CC(=O)N2C[C@H]3CC(Oc4ccccc4)C[C@H]3C2)n1. The lowest BCUT2D eigenvalue weighted by Crippen LogP contribution is -2.34. The summed E-state index contributed by atoms with van der Waals surface area (Å²) in [5, 5.41) is 4.40. The zero-order valence-corrected chi connectivity index (χ0v) is 14.9. The van der Waals surface area contributed by atoms with Gasteiger partial charge in [-0.25, -0.2) is 0 Å². The summed E-state index contributed by atoms with van der Waals surface area (Å²) in [4.78, 5) is 14.6. The summed E-state index contributed by atoms with van der Waals surface area (Å²) >= 11 is 0. The second-order valence-corrected chi connectivity index (χ2v) is 7.43. The van der Waals surface area contributed by atoms with Crippen LogP contribution in [0, 0.1) is 25.7 Å². The van der Waals surface area contributed by atoms with Gasteiger partial charge in [-0.3, -0.25) is 9.48 Å². The van der Waals surface area contributed by atoms with Gasteiger partial charge in [0.1, 0.15) is 12.3 Å². The minimum Gasteiger partial charge on any atom is -0.490 e. The largest absolute Gasteiger partial charge is 0.490 e. The number of fused-ring (bicyclic) bond motifs is 1. The number of benzene rings is 1. The third-order valence-electron chi connectivity index (χ3n) is 5.49. The van der Waals surface area contributed by atoms with Crippen LogP contribution in [0.2, 0.25) is 0 Å². The first-order valence-electron chi connectivity index (χ1n) is 9.09. The molecule has 132 valence electrons. The molecule has 2 heterocycles. The predicted octanol–water partition coefficient (Wildman–Crippen LogP) is 2.82. The number of para-hydroxylation sites is 1. The molecule has 3 atom stereocenters. The van der Waals surface area contributed by atoms with Crippen LogP contribution in [0.25, 0.3) is 0 Å². The third kappa shape index (κ3) is 3.41. The van der Waals surface area contributed by atoms with Crippen molar-refractivity contribution < 1.29 is 9.53 Å².